The van der Waals surface area contributed by atoms with Gasteiger partial charge < -0.3 is 0 Å². The van der Waals surface area contributed by atoms with Gasteiger partial charge in [0.15, 0.2) is 0 Å². The average molecular weight is 340 g/mol. The molecule has 0 radical (unpaired) electrons. The van der Waals surface area contributed by atoms with Crippen molar-refractivity contribution in [1.29, 1.82) is 0 Å². The van der Waals surface area contributed by atoms with Gasteiger partial charge in [0.25, 0.3) is 0 Å². The molecule has 0 aromatic heterocycles. The Labute approximate surface area is 113 Å². The van der Waals surface area contributed by atoms with E-state index < -0.39 is 0 Å². The Balaban J connectivity index is 2.43. The minimum absolute atomic E-state index is 0.401. The Morgan fingerprint density at radius 1 is 1.06 bits per heavy atom. The topological polar surface area (TPSA) is 0 Å². The fraction of sp³-hybridized carbons (Fsp3) is 0.143. The van der Waals surface area contributed by atoms with Crippen molar-refractivity contribution in [3.63, 3.8) is 0 Å². The zero-order valence-electron chi connectivity index (χ0n) is 8.95. The van der Waals surface area contributed by atoms with Crippen LogP contribution in [-0.2, 0) is 0 Å². The molecular weight excluding hydrogens is 328 g/mol. The fourth-order valence-electron chi connectivity index (χ4n) is 1.78. The Hall–Kier alpha value is -0.600. The maximum atomic E-state index is 3.40. The molecule has 0 heterocycles. The van der Waals surface area contributed by atoms with Gasteiger partial charge in [0.1, 0.15) is 0 Å². The van der Waals surface area contributed by atoms with E-state index in [9.17, 15) is 0 Å². The van der Waals surface area contributed by atoms with Crippen LogP contribution in [0.3, 0.4) is 0 Å². The van der Waals surface area contributed by atoms with Gasteiger partial charge in [0.2, 0.25) is 0 Å². The molecule has 0 aliphatic heterocycles. The summed E-state index contributed by atoms with van der Waals surface area (Å²) < 4.78 is 1.00. The highest BCUT2D eigenvalue weighted by Crippen LogP contribution is 2.26. The zero-order valence-corrected chi connectivity index (χ0v) is 12.1. The van der Waals surface area contributed by atoms with Crippen molar-refractivity contribution in [2.45, 2.75) is 12.8 Å². The largest absolute Gasteiger partial charge is 0.0616 e. The maximum absolute atomic E-state index is 3.40. The number of fused-ring (bicyclic) bond motifs is 1. The maximum Gasteiger partial charge on any atom is 0.0570 e. The summed E-state index contributed by atoms with van der Waals surface area (Å²) in [6.45, 7) is 2.19. The van der Waals surface area contributed by atoms with Crippen LogP contribution in [0.1, 0.15) is 18.4 Å². The standard InChI is InChI=1S/C14H12Br2/c1-10(8-14(15)16)12-7-6-11-4-2-3-5-13(11)9-12/h2-10H,1H3. The van der Waals surface area contributed by atoms with Crippen LogP contribution in [0.15, 0.2) is 51.9 Å². The van der Waals surface area contributed by atoms with Crippen molar-refractivity contribution in [3.05, 3.63) is 57.5 Å². The van der Waals surface area contributed by atoms with E-state index in [1.54, 1.807) is 0 Å². The van der Waals surface area contributed by atoms with Crippen LogP contribution >= 0.6 is 31.9 Å². The van der Waals surface area contributed by atoms with Crippen LogP contribution < -0.4 is 0 Å². The molecule has 82 valence electrons. The summed E-state index contributed by atoms with van der Waals surface area (Å²) in [4.78, 5) is 0. The first-order valence-corrected chi connectivity index (χ1v) is 6.77. The lowest BCUT2D eigenvalue weighted by atomic mass is 9.98. The molecule has 2 aromatic rings. The second-order valence-electron chi connectivity index (χ2n) is 3.85. The van der Waals surface area contributed by atoms with Crippen LogP contribution in [0.4, 0.5) is 0 Å². The summed E-state index contributed by atoms with van der Waals surface area (Å²) in [5, 5.41) is 2.59. The highest BCUT2D eigenvalue weighted by molar-refractivity contribution is 9.28. The Morgan fingerprint density at radius 3 is 2.44 bits per heavy atom. The summed E-state index contributed by atoms with van der Waals surface area (Å²) >= 11 is 6.80. The third-order valence-electron chi connectivity index (χ3n) is 2.68. The number of allylic oxidation sites excluding steroid dienone is 1. The van der Waals surface area contributed by atoms with Crippen LogP contribution in [0.25, 0.3) is 10.8 Å². The first-order valence-electron chi connectivity index (χ1n) is 5.18. The summed E-state index contributed by atoms with van der Waals surface area (Å²) in [5.41, 5.74) is 1.33. The second kappa shape index (κ2) is 5.15. The first kappa shape index (κ1) is 11.9. The Bertz CT molecular complexity index is 525. The second-order valence-corrected chi connectivity index (χ2v) is 6.62. The minimum atomic E-state index is 0.401. The van der Waals surface area contributed by atoms with Gasteiger partial charge >= 0.3 is 0 Å². The van der Waals surface area contributed by atoms with Crippen molar-refractivity contribution in [1.82, 2.24) is 0 Å². The third-order valence-corrected chi connectivity index (χ3v) is 3.20. The third kappa shape index (κ3) is 2.74. The van der Waals surface area contributed by atoms with E-state index in [1.807, 2.05) is 0 Å². The summed E-state index contributed by atoms with van der Waals surface area (Å²) in [6, 6.07) is 15.1. The van der Waals surface area contributed by atoms with E-state index in [4.69, 9.17) is 0 Å². The SMILES string of the molecule is CC(C=C(Br)Br)c1ccc2ccccc2c1. The molecule has 0 nitrogen and oxygen atoms in total. The zero-order chi connectivity index (χ0) is 11.5. The summed E-state index contributed by atoms with van der Waals surface area (Å²) in [6.07, 6.45) is 2.14. The molecule has 16 heavy (non-hydrogen) atoms. The monoisotopic (exact) mass is 338 g/mol. The Kier molecular flexibility index (Phi) is 3.82. The number of benzene rings is 2. The predicted molar refractivity (Wildman–Crippen MR) is 78.3 cm³/mol. The summed E-state index contributed by atoms with van der Waals surface area (Å²) in [7, 11) is 0. The van der Waals surface area contributed by atoms with Crippen LogP contribution in [0, 0.1) is 0 Å². The molecule has 2 heteroatoms. The Morgan fingerprint density at radius 2 is 1.75 bits per heavy atom. The van der Waals surface area contributed by atoms with E-state index in [2.05, 4.69) is 87.3 Å². The first-order chi connectivity index (χ1) is 7.66. The summed E-state index contributed by atoms with van der Waals surface area (Å²) in [5.74, 6) is 0.401. The van der Waals surface area contributed by atoms with Crippen LogP contribution in [-0.4, -0.2) is 0 Å². The van der Waals surface area contributed by atoms with Gasteiger partial charge in [-0.15, -0.1) is 0 Å². The lowest BCUT2D eigenvalue weighted by Crippen LogP contribution is -1.88. The average Bonchev–Trinajstić information content (AvgIpc) is 2.27. The molecule has 0 bridgehead atoms. The van der Waals surface area contributed by atoms with Gasteiger partial charge in [0.05, 0.1) is 3.39 Å². The molecule has 0 saturated heterocycles. The van der Waals surface area contributed by atoms with Gasteiger partial charge in [-0.1, -0.05) is 55.5 Å². The molecule has 0 aliphatic carbocycles. The van der Waals surface area contributed by atoms with Gasteiger partial charge in [-0.25, -0.2) is 0 Å². The van der Waals surface area contributed by atoms with E-state index in [-0.39, 0.29) is 0 Å². The highest BCUT2D eigenvalue weighted by Gasteiger charge is 2.03. The molecule has 0 spiro atoms. The highest BCUT2D eigenvalue weighted by atomic mass is 79.9. The molecule has 2 rings (SSSR count). The van der Waals surface area contributed by atoms with Crippen LogP contribution in [0.2, 0.25) is 0 Å². The van der Waals surface area contributed by atoms with Crippen molar-refractivity contribution in [2.75, 3.05) is 0 Å². The number of hydrogen-bond donors (Lipinski definition) is 0. The normalized spacial score (nSPS) is 12.4. The molecule has 2 aromatic carbocycles. The number of halogens is 2. The minimum Gasteiger partial charge on any atom is -0.0616 e. The van der Waals surface area contributed by atoms with Gasteiger partial charge in [-0.3, -0.25) is 0 Å². The van der Waals surface area contributed by atoms with Crippen molar-refractivity contribution < 1.29 is 0 Å². The van der Waals surface area contributed by atoms with E-state index in [1.165, 1.54) is 16.3 Å². The fourth-order valence-corrected chi connectivity index (χ4v) is 2.57. The van der Waals surface area contributed by atoms with Gasteiger partial charge in [0, 0.05) is 5.92 Å². The molecule has 0 aliphatic rings. The van der Waals surface area contributed by atoms with Gasteiger partial charge in [-0.2, -0.15) is 0 Å². The molecule has 0 saturated carbocycles. The molecule has 1 unspecified atom stereocenters. The smallest absolute Gasteiger partial charge is 0.0570 e. The molecule has 0 fully saturated rings. The quantitative estimate of drug-likeness (QED) is 0.670. The molecule has 0 N–H and O–H groups in total. The number of rotatable bonds is 2. The van der Waals surface area contributed by atoms with Crippen molar-refractivity contribution in [2.24, 2.45) is 0 Å². The van der Waals surface area contributed by atoms with Crippen LogP contribution in [0.5, 0.6) is 0 Å². The van der Waals surface area contributed by atoms with E-state index in [0.29, 0.717) is 5.92 Å². The predicted octanol–water partition coefficient (Wildman–Crippen LogP) is 5.57. The lowest BCUT2D eigenvalue weighted by Gasteiger charge is -2.08. The van der Waals surface area contributed by atoms with Crippen molar-refractivity contribution in [3.8, 4) is 0 Å². The van der Waals surface area contributed by atoms with E-state index in [0.717, 1.165) is 3.39 Å². The van der Waals surface area contributed by atoms with Crippen molar-refractivity contribution >= 4 is 42.6 Å². The number of hydrogen-bond acceptors (Lipinski definition) is 0. The molecule has 1 atom stereocenters. The lowest BCUT2D eigenvalue weighted by molar-refractivity contribution is 0.972. The van der Waals surface area contributed by atoms with Gasteiger partial charge in [-0.05, 0) is 48.2 Å². The molecular formula is C14H12Br2. The molecule has 0 amide bonds. The van der Waals surface area contributed by atoms with E-state index >= 15 is 0 Å².